The number of hydrogen-bond acceptors (Lipinski definition) is 4. The van der Waals surface area contributed by atoms with Crippen LogP contribution in [0.4, 0.5) is 0 Å². The molecule has 1 heterocycles. The van der Waals surface area contributed by atoms with Crippen LogP contribution in [0.1, 0.15) is 11.1 Å². The van der Waals surface area contributed by atoms with Gasteiger partial charge in [-0.15, -0.1) is 0 Å². The Morgan fingerprint density at radius 3 is 2.76 bits per heavy atom. The zero-order valence-corrected chi connectivity index (χ0v) is 14.9. The Morgan fingerprint density at radius 2 is 2.04 bits per heavy atom. The third-order valence-electron chi connectivity index (χ3n) is 3.46. The summed E-state index contributed by atoms with van der Waals surface area (Å²) in [6, 6.07) is 15.5. The number of imidazole rings is 1. The summed E-state index contributed by atoms with van der Waals surface area (Å²) in [5.41, 5.74) is 1.90. The fourth-order valence-corrected chi connectivity index (χ4v) is 2.60. The summed E-state index contributed by atoms with van der Waals surface area (Å²) in [6.45, 7) is 0.427. The van der Waals surface area contributed by atoms with Gasteiger partial charge in [-0.3, -0.25) is 4.57 Å². The van der Waals surface area contributed by atoms with Crippen molar-refractivity contribution in [1.29, 1.82) is 0 Å². The molecule has 0 aliphatic heterocycles. The molecule has 1 aromatic heterocycles. The average Bonchev–Trinajstić information content (AvgIpc) is 3.12. The highest BCUT2D eigenvalue weighted by Crippen LogP contribution is 2.22. The van der Waals surface area contributed by atoms with Crippen LogP contribution in [0, 0.1) is 0 Å². The van der Waals surface area contributed by atoms with E-state index in [1.807, 2.05) is 73.4 Å². The quantitative estimate of drug-likeness (QED) is 0.396. The van der Waals surface area contributed by atoms with Crippen LogP contribution >= 0.6 is 11.6 Å². The molecule has 0 bridgehead atoms. The summed E-state index contributed by atoms with van der Waals surface area (Å²) in [4.78, 5) is 4.12. The van der Waals surface area contributed by atoms with Gasteiger partial charge in [0.2, 0.25) is 0 Å². The number of halogens is 1. The molecule has 5 nitrogen and oxygen atoms in total. The maximum Gasteiger partial charge on any atom is 0.168 e. The number of rotatable bonds is 5. The molecule has 0 amide bonds. The molecule has 0 saturated carbocycles. The van der Waals surface area contributed by atoms with Crippen molar-refractivity contribution < 1.29 is 4.74 Å². The molecule has 0 aliphatic rings. The third kappa shape index (κ3) is 4.39. The molecule has 0 saturated heterocycles. The van der Waals surface area contributed by atoms with Gasteiger partial charge in [0.25, 0.3) is 0 Å². The van der Waals surface area contributed by atoms with E-state index in [4.69, 9.17) is 16.3 Å². The Hall–Kier alpha value is -2.79. The fraction of sp³-hybridized carbons (Fsp3) is 0.158. The standard InChI is InChI=1S/C19H19ClN4O/c1-23(2)22-19(24-11-10-21-14-24)17-8-3-4-9-18(17)25-13-15-6-5-7-16(20)12-15/h3-12,14H,13H2,1-2H3. The van der Waals surface area contributed by atoms with Crippen molar-refractivity contribution in [3.63, 3.8) is 0 Å². The van der Waals surface area contributed by atoms with Crippen molar-refractivity contribution in [1.82, 2.24) is 14.6 Å². The highest BCUT2D eigenvalue weighted by atomic mass is 35.5. The third-order valence-corrected chi connectivity index (χ3v) is 3.69. The summed E-state index contributed by atoms with van der Waals surface area (Å²) in [6.07, 6.45) is 5.30. The van der Waals surface area contributed by atoms with Gasteiger partial charge in [-0.25, -0.2) is 4.98 Å². The molecule has 0 atom stereocenters. The molecule has 3 rings (SSSR count). The van der Waals surface area contributed by atoms with Gasteiger partial charge in [-0.1, -0.05) is 35.9 Å². The number of aromatic nitrogens is 2. The van der Waals surface area contributed by atoms with Gasteiger partial charge in [0.05, 0.1) is 5.56 Å². The molecule has 6 heteroatoms. The van der Waals surface area contributed by atoms with Crippen molar-refractivity contribution in [2.75, 3.05) is 14.1 Å². The van der Waals surface area contributed by atoms with Gasteiger partial charge in [-0.2, -0.15) is 5.10 Å². The number of para-hydroxylation sites is 1. The van der Waals surface area contributed by atoms with E-state index in [0.717, 1.165) is 22.7 Å². The Bertz CT molecular complexity index is 859. The monoisotopic (exact) mass is 354 g/mol. The summed E-state index contributed by atoms with van der Waals surface area (Å²) in [5.74, 6) is 1.49. The molecule has 2 aromatic carbocycles. The number of ether oxygens (including phenoxy) is 1. The van der Waals surface area contributed by atoms with Gasteiger partial charge >= 0.3 is 0 Å². The minimum atomic E-state index is 0.427. The van der Waals surface area contributed by atoms with Crippen molar-refractivity contribution >= 4 is 17.4 Å². The Balaban J connectivity index is 1.91. The van der Waals surface area contributed by atoms with Crippen LogP contribution in [0.15, 0.2) is 72.4 Å². The van der Waals surface area contributed by atoms with Gasteiger partial charge in [0, 0.05) is 31.5 Å². The maximum absolute atomic E-state index is 6.05. The lowest BCUT2D eigenvalue weighted by Crippen LogP contribution is -2.18. The van der Waals surface area contributed by atoms with Gasteiger partial charge < -0.3 is 9.75 Å². The summed E-state index contributed by atoms with van der Waals surface area (Å²) in [5, 5.41) is 7.04. The first-order valence-electron chi connectivity index (χ1n) is 7.84. The largest absolute Gasteiger partial charge is 0.488 e. The van der Waals surface area contributed by atoms with Crippen LogP contribution < -0.4 is 4.74 Å². The van der Waals surface area contributed by atoms with Crippen LogP contribution in [0.25, 0.3) is 0 Å². The van der Waals surface area contributed by atoms with E-state index in [9.17, 15) is 0 Å². The van der Waals surface area contributed by atoms with Crippen molar-refractivity contribution in [2.24, 2.45) is 5.10 Å². The number of hydrazone groups is 1. The van der Waals surface area contributed by atoms with Crippen LogP contribution in [0.2, 0.25) is 5.02 Å². The van der Waals surface area contributed by atoms with E-state index >= 15 is 0 Å². The molecule has 0 N–H and O–H groups in total. The molecular formula is C19H19ClN4O. The first-order valence-corrected chi connectivity index (χ1v) is 8.22. The molecule has 0 unspecified atom stereocenters. The second-order valence-corrected chi connectivity index (χ2v) is 6.09. The van der Waals surface area contributed by atoms with E-state index in [1.54, 1.807) is 17.5 Å². The van der Waals surface area contributed by atoms with E-state index in [2.05, 4.69) is 10.1 Å². The number of nitrogens with zero attached hydrogens (tertiary/aromatic N) is 4. The minimum absolute atomic E-state index is 0.427. The average molecular weight is 355 g/mol. The topological polar surface area (TPSA) is 42.6 Å². The number of hydrogen-bond donors (Lipinski definition) is 0. The van der Waals surface area contributed by atoms with Crippen molar-refractivity contribution in [3.8, 4) is 5.75 Å². The summed E-state index contributed by atoms with van der Waals surface area (Å²) < 4.78 is 7.91. The van der Waals surface area contributed by atoms with Gasteiger partial charge in [0.1, 0.15) is 18.7 Å². The first kappa shape index (κ1) is 17.0. The van der Waals surface area contributed by atoms with Gasteiger partial charge in [-0.05, 0) is 29.8 Å². The molecule has 25 heavy (non-hydrogen) atoms. The summed E-state index contributed by atoms with van der Waals surface area (Å²) >= 11 is 6.04. The second kappa shape index (κ2) is 7.85. The number of benzene rings is 2. The van der Waals surface area contributed by atoms with E-state index < -0.39 is 0 Å². The minimum Gasteiger partial charge on any atom is -0.488 e. The van der Waals surface area contributed by atoms with Crippen LogP contribution in [0.3, 0.4) is 0 Å². The second-order valence-electron chi connectivity index (χ2n) is 5.66. The lowest BCUT2D eigenvalue weighted by Gasteiger charge is -2.16. The zero-order valence-electron chi connectivity index (χ0n) is 14.1. The smallest absolute Gasteiger partial charge is 0.168 e. The first-order chi connectivity index (χ1) is 12.1. The lowest BCUT2D eigenvalue weighted by molar-refractivity contribution is 0.305. The Kier molecular flexibility index (Phi) is 5.36. The maximum atomic E-state index is 6.05. The fourth-order valence-electron chi connectivity index (χ4n) is 2.38. The van der Waals surface area contributed by atoms with Crippen LogP contribution in [-0.4, -0.2) is 34.5 Å². The molecule has 0 aliphatic carbocycles. The Morgan fingerprint density at radius 1 is 1.20 bits per heavy atom. The van der Waals surface area contributed by atoms with Crippen molar-refractivity contribution in [2.45, 2.75) is 6.61 Å². The zero-order chi connectivity index (χ0) is 17.6. The van der Waals surface area contributed by atoms with Crippen molar-refractivity contribution in [3.05, 3.63) is 83.4 Å². The Labute approximate surface area is 152 Å². The molecule has 0 spiro atoms. The molecule has 0 fully saturated rings. The predicted molar refractivity (Wildman–Crippen MR) is 100 cm³/mol. The highest BCUT2D eigenvalue weighted by Gasteiger charge is 2.13. The predicted octanol–water partition coefficient (Wildman–Crippen LogP) is 3.89. The molecule has 0 radical (unpaired) electrons. The lowest BCUT2D eigenvalue weighted by atomic mass is 10.1. The molecule has 3 aromatic rings. The van der Waals surface area contributed by atoms with E-state index in [0.29, 0.717) is 11.6 Å². The van der Waals surface area contributed by atoms with E-state index in [1.165, 1.54) is 0 Å². The molecule has 128 valence electrons. The van der Waals surface area contributed by atoms with Crippen LogP contribution in [-0.2, 0) is 6.61 Å². The van der Waals surface area contributed by atoms with Gasteiger partial charge in [0.15, 0.2) is 5.84 Å². The van der Waals surface area contributed by atoms with Crippen LogP contribution in [0.5, 0.6) is 5.75 Å². The molecular weight excluding hydrogens is 336 g/mol. The highest BCUT2D eigenvalue weighted by molar-refractivity contribution is 6.30. The SMILES string of the molecule is CN(C)N=C(c1ccccc1OCc1cccc(Cl)c1)n1ccnc1. The summed E-state index contributed by atoms with van der Waals surface area (Å²) in [7, 11) is 3.76. The normalized spacial score (nSPS) is 11.4. The van der Waals surface area contributed by atoms with E-state index in [-0.39, 0.29) is 0 Å².